The van der Waals surface area contributed by atoms with Crippen molar-refractivity contribution in [2.75, 3.05) is 6.54 Å². The van der Waals surface area contributed by atoms with Gasteiger partial charge in [-0.25, -0.2) is 0 Å². The number of nitrogens with zero attached hydrogens (tertiary/aromatic N) is 3. The van der Waals surface area contributed by atoms with E-state index in [9.17, 15) is 0 Å². The first-order valence-corrected chi connectivity index (χ1v) is 8.53. The third-order valence-corrected chi connectivity index (χ3v) is 5.76. The van der Waals surface area contributed by atoms with Crippen LogP contribution in [0.4, 0.5) is 0 Å². The number of hydrogen-bond donors (Lipinski definition) is 1. The fourth-order valence-electron chi connectivity index (χ4n) is 4.71. The summed E-state index contributed by atoms with van der Waals surface area (Å²) in [6, 6.07) is 2.70. The number of nitrogens with one attached hydrogen (secondary N) is 1. The average Bonchev–Trinajstić information content (AvgIpc) is 2.90. The van der Waals surface area contributed by atoms with Crippen LogP contribution in [0.3, 0.4) is 0 Å². The highest BCUT2D eigenvalue weighted by atomic mass is 15.3. The summed E-state index contributed by atoms with van der Waals surface area (Å²) in [7, 11) is 2.06. The zero-order chi connectivity index (χ0) is 15.1. The van der Waals surface area contributed by atoms with Gasteiger partial charge in [-0.2, -0.15) is 5.10 Å². The lowest BCUT2D eigenvalue weighted by atomic mass is 9.94. The van der Waals surface area contributed by atoms with Gasteiger partial charge in [0.25, 0.3) is 0 Å². The molecular weight excluding hydrogens is 260 g/mol. The van der Waals surface area contributed by atoms with Gasteiger partial charge in [-0.05, 0) is 53.0 Å². The molecule has 0 saturated carbocycles. The minimum Gasteiger partial charge on any atom is -0.311 e. The Morgan fingerprint density at radius 2 is 1.90 bits per heavy atom. The van der Waals surface area contributed by atoms with E-state index < -0.39 is 0 Å². The molecule has 2 fully saturated rings. The Bertz CT molecular complexity index is 495. The van der Waals surface area contributed by atoms with Crippen molar-refractivity contribution < 1.29 is 0 Å². The van der Waals surface area contributed by atoms with Gasteiger partial charge in [0.2, 0.25) is 0 Å². The first kappa shape index (κ1) is 15.0. The molecule has 0 radical (unpaired) electrons. The second-order valence-corrected chi connectivity index (χ2v) is 6.98. The minimum atomic E-state index is 0.464. The van der Waals surface area contributed by atoms with E-state index in [1.807, 2.05) is 4.68 Å². The molecule has 3 rings (SSSR count). The maximum absolute atomic E-state index is 4.61. The standard InChI is InChI=1S/C17H30N4/c1-6-21(16-9-14-7-8-15(10-16)18-14)13(4)17-11(2)19-20(5)12(17)3/h13-16,18H,6-10H2,1-5H3. The third kappa shape index (κ3) is 2.64. The van der Waals surface area contributed by atoms with E-state index >= 15 is 0 Å². The van der Waals surface area contributed by atoms with E-state index in [0.29, 0.717) is 6.04 Å². The number of rotatable bonds is 4. The molecule has 21 heavy (non-hydrogen) atoms. The molecule has 2 aliphatic heterocycles. The van der Waals surface area contributed by atoms with E-state index in [1.54, 1.807) is 0 Å². The summed E-state index contributed by atoms with van der Waals surface area (Å²) in [6.45, 7) is 10.1. The van der Waals surface area contributed by atoms with E-state index in [1.165, 1.54) is 42.6 Å². The van der Waals surface area contributed by atoms with E-state index in [4.69, 9.17) is 0 Å². The quantitative estimate of drug-likeness (QED) is 0.925. The van der Waals surface area contributed by atoms with Gasteiger partial charge in [0.05, 0.1) is 5.69 Å². The maximum atomic E-state index is 4.61. The molecule has 2 saturated heterocycles. The van der Waals surface area contributed by atoms with Crippen LogP contribution in [0.25, 0.3) is 0 Å². The Hall–Kier alpha value is -0.870. The predicted molar refractivity (Wildman–Crippen MR) is 86.4 cm³/mol. The van der Waals surface area contributed by atoms with Crippen LogP contribution in [0.5, 0.6) is 0 Å². The molecule has 3 atom stereocenters. The van der Waals surface area contributed by atoms with Crippen molar-refractivity contribution in [2.45, 2.75) is 77.5 Å². The van der Waals surface area contributed by atoms with Gasteiger partial charge in [0.1, 0.15) is 0 Å². The number of piperidine rings is 1. The van der Waals surface area contributed by atoms with Crippen molar-refractivity contribution in [1.82, 2.24) is 20.0 Å². The van der Waals surface area contributed by atoms with Crippen molar-refractivity contribution in [3.63, 3.8) is 0 Å². The molecule has 1 aromatic rings. The fraction of sp³-hybridized carbons (Fsp3) is 0.824. The number of fused-ring (bicyclic) bond motifs is 2. The Balaban J connectivity index is 1.82. The molecule has 118 valence electrons. The van der Waals surface area contributed by atoms with Crippen LogP contribution >= 0.6 is 0 Å². The molecule has 4 nitrogen and oxygen atoms in total. The maximum Gasteiger partial charge on any atom is 0.0644 e. The highest BCUT2D eigenvalue weighted by Gasteiger charge is 2.37. The molecule has 1 N–H and O–H groups in total. The monoisotopic (exact) mass is 290 g/mol. The first-order chi connectivity index (χ1) is 10.0. The van der Waals surface area contributed by atoms with Crippen LogP contribution < -0.4 is 5.32 Å². The lowest BCUT2D eigenvalue weighted by Gasteiger charge is -2.40. The molecule has 3 unspecified atom stereocenters. The van der Waals surface area contributed by atoms with Gasteiger partial charge in [-0.15, -0.1) is 0 Å². The van der Waals surface area contributed by atoms with Gasteiger partial charge < -0.3 is 5.32 Å². The SMILES string of the molecule is CCN(C1CC2CCC(C1)N2)C(C)c1c(C)nn(C)c1C. The Morgan fingerprint density at radius 1 is 1.29 bits per heavy atom. The smallest absolute Gasteiger partial charge is 0.0644 e. The van der Waals surface area contributed by atoms with Crippen molar-refractivity contribution in [3.05, 3.63) is 17.0 Å². The Morgan fingerprint density at radius 3 is 2.38 bits per heavy atom. The molecule has 2 aliphatic rings. The molecule has 2 bridgehead atoms. The van der Waals surface area contributed by atoms with Crippen LogP contribution in [0.15, 0.2) is 0 Å². The van der Waals surface area contributed by atoms with Crippen LogP contribution in [0, 0.1) is 13.8 Å². The summed E-state index contributed by atoms with van der Waals surface area (Å²) in [5, 5.41) is 8.38. The predicted octanol–water partition coefficient (Wildman–Crippen LogP) is 2.70. The second-order valence-electron chi connectivity index (χ2n) is 6.98. The highest BCUT2D eigenvalue weighted by Crippen LogP contribution is 2.35. The van der Waals surface area contributed by atoms with Crippen LogP contribution in [-0.2, 0) is 7.05 Å². The molecule has 1 aromatic heterocycles. The third-order valence-electron chi connectivity index (χ3n) is 5.76. The molecule has 0 spiro atoms. The Kier molecular flexibility index (Phi) is 4.10. The normalized spacial score (nSPS) is 30.1. The highest BCUT2D eigenvalue weighted by molar-refractivity contribution is 5.28. The zero-order valence-corrected chi connectivity index (χ0v) is 14.2. The number of aryl methyl sites for hydroxylation is 2. The molecular formula is C17H30N4. The van der Waals surface area contributed by atoms with E-state index in [-0.39, 0.29) is 0 Å². The summed E-state index contributed by atoms with van der Waals surface area (Å²) in [4.78, 5) is 2.71. The fourth-order valence-corrected chi connectivity index (χ4v) is 4.71. The average molecular weight is 290 g/mol. The zero-order valence-electron chi connectivity index (χ0n) is 14.2. The number of aromatic nitrogens is 2. The molecule has 0 amide bonds. The topological polar surface area (TPSA) is 33.1 Å². The van der Waals surface area contributed by atoms with Crippen molar-refractivity contribution in [3.8, 4) is 0 Å². The Labute approximate surface area is 128 Å². The number of hydrogen-bond acceptors (Lipinski definition) is 3. The van der Waals surface area contributed by atoms with E-state index in [2.05, 4.69) is 50.1 Å². The van der Waals surface area contributed by atoms with Gasteiger partial charge in [-0.1, -0.05) is 6.92 Å². The lowest BCUT2D eigenvalue weighted by molar-refractivity contribution is 0.107. The van der Waals surface area contributed by atoms with Gasteiger partial charge >= 0.3 is 0 Å². The van der Waals surface area contributed by atoms with Crippen LogP contribution in [-0.4, -0.2) is 39.4 Å². The molecule has 0 aromatic carbocycles. The summed E-state index contributed by atoms with van der Waals surface area (Å²) >= 11 is 0. The minimum absolute atomic E-state index is 0.464. The summed E-state index contributed by atoms with van der Waals surface area (Å²) in [5.41, 5.74) is 3.94. The van der Waals surface area contributed by atoms with Gasteiger partial charge in [0.15, 0.2) is 0 Å². The summed E-state index contributed by atoms with van der Waals surface area (Å²) < 4.78 is 2.03. The van der Waals surface area contributed by atoms with Crippen molar-refractivity contribution in [1.29, 1.82) is 0 Å². The van der Waals surface area contributed by atoms with Crippen LogP contribution in [0.2, 0.25) is 0 Å². The van der Waals surface area contributed by atoms with Crippen molar-refractivity contribution >= 4 is 0 Å². The van der Waals surface area contributed by atoms with Gasteiger partial charge in [0, 0.05) is 42.5 Å². The largest absolute Gasteiger partial charge is 0.311 e. The van der Waals surface area contributed by atoms with Gasteiger partial charge in [-0.3, -0.25) is 9.58 Å². The lowest BCUT2D eigenvalue weighted by Crippen LogP contribution is -2.49. The van der Waals surface area contributed by atoms with E-state index in [0.717, 1.165) is 24.7 Å². The first-order valence-electron chi connectivity index (χ1n) is 8.53. The molecule has 0 aliphatic carbocycles. The van der Waals surface area contributed by atoms with Crippen LogP contribution in [0.1, 0.15) is 62.5 Å². The summed E-state index contributed by atoms with van der Waals surface area (Å²) in [5.74, 6) is 0. The molecule has 4 heteroatoms. The summed E-state index contributed by atoms with van der Waals surface area (Å²) in [6.07, 6.45) is 5.37. The van der Waals surface area contributed by atoms with Crippen molar-refractivity contribution in [2.24, 2.45) is 7.05 Å². The molecule has 3 heterocycles. The second kappa shape index (κ2) is 5.73.